The van der Waals surface area contributed by atoms with Crippen molar-refractivity contribution in [3.63, 3.8) is 0 Å². The van der Waals surface area contributed by atoms with Crippen molar-refractivity contribution in [1.82, 2.24) is 0 Å². The Balaban J connectivity index is 2.58. The Bertz CT molecular complexity index is 420. The van der Waals surface area contributed by atoms with E-state index in [0.29, 0.717) is 0 Å². The largest absolute Gasteiger partial charge is 0.399 e. The second-order valence-corrected chi connectivity index (χ2v) is 4.73. The lowest BCUT2D eigenvalue weighted by molar-refractivity contribution is 1.52. The first kappa shape index (κ1) is 8.91. The Labute approximate surface area is 85.9 Å². The van der Waals surface area contributed by atoms with Crippen LogP contribution in [0.5, 0.6) is 0 Å². The number of hydrogen-bond donors (Lipinski definition) is 1. The van der Waals surface area contributed by atoms with Crippen LogP contribution in [0.4, 0.5) is 5.69 Å². The first-order valence-electron chi connectivity index (χ1n) is 4.06. The van der Waals surface area contributed by atoms with Crippen molar-refractivity contribution in [3.8, 4) is 0 Å². The number of anilines is 1. The molecule has 2 N–H and O–H groups in total. The Kier molecular flexibility index (Phi) is 2.47. The highest BCUT2D eigenvalue weighted by molar-refractivity contribution is 7.97. The van der Waals surface area contributed by atoms with Crippen molar-refractivity contribution < 1.29 is 0 Å². The third kappa shape index (κ3) is 1.67. The second-order valence-electron chi connectivity index (χ2n) is 2.95. The maximum absolute atomic E-state index is 5.75. The molecule has 0 saturated carbocycles. The summed E-state index contributed by atoms with van der Waals surface area (Å²) in [4.78, 5) is 0. The zero-order chi connectivity index (χ0) is 9.26. The van der Waals surface area contributed by atoms with Crippen LogP contribution in [0.15, 0.2) is 23.6 Å². The van der Waals surface area contributed by atoms with Crippen LogP contribution in [0.25, 0.3) is 10.1 Å². The zero-order valence-electron chi connectivity index (χ0n) is 7.41. The first-order chi connectivity index (χ1) is 6.31. The molecule has 0 bridgehead atoms. The van der Waals surface area contributed by atoms with Gasteiger partial charge >= 0.3 is 0 Å². The van der Waals surface area contributed by atoms with Crippen molar-refractivity contribution in [2.24, 2.45) is 0 Å². The molecule has 68 valence electrons. The molecule has 1 aromatic heterocycles. The molecule has 0 aliphatic rings. The molecule has 0 amide bonds. The van der Waals surface area contributed by atoms with Gasteiger partial charge in [0.05, 0.1) is 0 Å². The van der Waals surface area contributed by atoms with Crippen LogP contribution in [0, 0.1) is 0 Å². The van der Waals surface area contributed by atoms with Crippen LogP contribution < -0.4 is 5.73 Å². The third-order valence-corrected chi connectivity index (χ3v) is 3.59. The molecule has 0 spiro atoms. The molecule has 2 aromatic rings. The maximum Gasteiger partial charge on any atom is 0.0347 e. The van der Waals surface area contributed by atoms with Gasteiger partial charge in [-0.15, -0.1) is 11.3 Å². The zero-order valence-corrected chi connectivity index (χ0v) is 9.04. The molecule has 0 radical (unpaired) electrons. The van der Waals surface area contributed by atoms with Crippen LogP contribution in [0.1, 0.15) is 5.56 Å². The lowest BCUT2D eigenvalue weighted by Gasteiger charge is -1.97. The van der Waals surface area contributed by atoms with E-state index in [-0.39, 0.29) is 0 Å². The van der Waals surface area contributed by atoms with Gasteiger partial charge in [0, 0.05) is 16.1 Å². The van der Waals surface area contributed by atoms with E-state index in [1.807, 2.05) is 17.8 Å². The average molecular weight is 209 g/mol. The normalized spacial score (nSPS) is 10.8. The summed E-state index contributed by atoms with van der Waals surface area (Å²) in [5.74, 6) is 1.07. The molecule has 2 rings (SSSR count). The monoisotopic (exact) mass is 209 g/mol. The van der Waals surface area contributed by atoms with Crippen molar-refractivity contribution in [1.29, 1.82) is 0 Å². The number of benzene rings is 1. The third-order valence-electron chi connectivity index (χ3n) is 1.98. The predicted octanol–water partition coefficient (Wildman–Crippen LogP) is 3.35. The van der Waals surface area contributed by atoms with Gasteiger partial charge in [-0.1, -0.05) is 0 Å². The SMILES string of the molecule is CSCc1csc2ccc(N)cc12. The summed E-state index contributed by atoms with van der Waals surface area (Å²) in [5.41, 5.74) is 8.00. The van der Waals surface area contributed by atoms with Gasteiger partial charge in [0.25, 0.3) is 0 Å². The molecule has 1 aromatic carbocycles. The molecule has 0 aliphatic carbocycles. The van der Waals surface area contributed by atoms with Crippen LogP contribution >= 0.6 is 23.1 Å². The van der Waals surface area contributed by atoms with E-state index < -0.39 is 0 Å². The second kappa shape index (κ2) is 3.60. The summed E-state index contributed by atoms with van der Waals surface area (Å²) in [6.45, 7) is 0. The molecule has 0 aliphatic heterocycles. The summed E-state index contributed by atoms with van der Waals surface area (Å²) in [5, 5.41) is 3.54. The van der Waals surface area contributed by atoms with Gasteiger partial charge in [0.15, 0.2) is 0 Å². The lowest BCUT2D eigenvalue weighted by Crippen LogP contribution is -1.83. The smallest absolute Gasteiger partial charge is 0.0347 e. The van der Waals surface area contributed by atoms with E-state index in [2.05, 4.69) is 23.8 Å². The van der Waals surface area contributed by atoms with E-state index >= 15 is 0 Å². The Morgan fingerprint density at radius 2 is 2.31 bits per heavy atom. The van der Waals surface area contributed by atoms with E-state index in [1.54, 1.807) is 11.3 Å². The number of nitrogens with two attached hydrogens (primary N) is 1. The summed E-state index contributed by atoms with van der Waals surface area (Å²) in [6.07, 6.45) is 2.12. The summed E-state index contributed by atoms with van der Waals surface area (Å²) >= 11 is 3.64. The minimum atomic E-state index is 0.855. The number of fused-ring (bicyclic) bond motifs is 1. The Morgan fingerprint density at radius 1 is 1.46 bits per heavy atom. The summed E-state index contributed by atoms with van der Waals surface area (Å²) in [7, 11) is 0. The lowest BCUT2D eigenvalue weighted by atomic mass is 10.2. The average Bonchev–Trinajstić information content (AvgIpc) is 2.49. The van der Waals surface area contributed by atoms with Crippen molar-refractivity contribution >= 4 is 38.9 Å². The molecule has 0 saturated heterocycles. The highest BCUT2D eigenvalue weighted by Gasteiger charge is 2.02. The molecule has 0 unspecified atom stereocenters. The van der Waals surface area contributed by atoms with Crippen molar-refractivity contribution in [2.45, 2.75) is 5.75 Å². The Morgan fingerprint density at radius 3 is 3.08 bits per heavy atom. The van der Waals surface area contributed by atoms with E-state index in [9.17, 15) is 0 Å². The molecule has 3 heteroatoms. The topological polar surface area (TPSA) is 26.0 Å². The minimum Gasteiger partial charge on any atom is -0.399 e. The molecule has 1 heterocycles. The highest BCUT2D eigenvalue weighted by atomic mass is 32.2. The van der Waals surface area contributed by atoms with Crippen LogP contribution in [-0.2, 0) is 5.75 Å². The fraction of sp³-hybridized carbons (Fsp3) is 0.200. The van der Waals surface area contributed by atoms with E-state index in [0.717, 1.165) is 11.4 Å². The van der Waals surface area contributed by atoms with Gasteiger partial charge in [0.1, 0.15) is 0 Å². The van der Waals surface area contributed by atoms with Gasteiger partial charge in [0.2, 0.25) is 0 Å². The fourth-order valence-corrected chi connectivity index (χ4v) is 2.97. The predicted molar refractivity (Wildman–Crippen MR) is 63.5 cm³/mol. The minimum absolute atomic E-state index is 0.855. The van der Waals surface area contributed by atoms with Gasteiger partial charge < -0.3 is 5.73 Å². The van der Waals surface area contributed by atoms with Crippen molar-refractivity contribution in [2.75, 3.05) is 12.0 Å². The molecule has 13 heavy (non-hydrogen) atoms. The molecule has 0 atom stereocenters. The number of thiophene rings is 1. The van der Waals surface area contributed by atoms with Gasteiger partial charge in [-0.3, -0.25) is 0 Å². The molecular formula is C10H11NS2. The van der Waals surface area contributed by atoms with E-state index in [4.69, 9.17) is 5.73 Å². The summed E-state index contributed by atoms with van der Waals surface area (Å²) < 4.78 is 1.33. The van der Waals surface area contributed by atoms with Gasteiger partial charge in [-0.25, -0.2) is 0 Å². The van der Waals surface area contributed by atoms with Crippen LogP contribution in [0.3, 0.4) is 0 Å². The molecular weight excluding hydrogens is 198 g/mol. The molecule has 1 nitrogen and oxygen atoms in total. The van der Waals surface area contributed by atoms with Gasteiger partial charge in [-0.2, -0.15) is 11.8 Å². The van der Waals surface area contributed by atoms with Crippen molar-refractivity contribution in [3.05, 3.63) is 29.1 Å². The number of nitrogen functional groups attached to an aromatic ring is 1. The standard InChI is InChI=1S/C10H11NS2/c1-12-5-7-6-13-10-3-2-8(11)4-9(7)10/h2-4,6H,5,11H2,1H3. The highest BCUT2D eigenvalue weighted by Crippen LogP contribution is 2.29. The van der Waals surface area contributed by atoms with Crippen LogP contribution in [0.2, 0.25) is 0 Å². The summed E-state index contributed by atoms with van der Waals surface area (Å²) in [6, 6.07) is 6.12. The number of rotatable bonds is 2. The maximum atomic E-state index is 5.75. The Hall–Kier alpha value is -0.670. The van der Waals surface area contributed by atoms with E-state index in [1.165, 1.54) is 15.6 Å². The fourth-order valence-electron chi connectivity index (χ4n) is 1.37. The van der Waals surface area contributed by atoms with Crippen LogP contribution in [-0.4, -0.2) is 6.26 Å². The first-order valence-corrected chi connectivity index (χ1v) is 6.33. The number of thioether (sulfide) groups is 1. The van der Waals surface area contributed by atoms with Gasteiger partial charge in [-0.05, 0) is 40.8 Å². The molecule has 0 fully saturated rings. The number of hydrogen-bond acceptors (Lipinski definition) is 3. The quantitative estimate of drug-likeness (QED) is 0.768.